The van der Waals surface area contributed by atoms with Gasteiger partial charge in [0, 0.05) is 6.04 Å². The summed E-state index contributed by atoms with van der Waals surface area (Å²) in [6.45, 7) is 7.17. The van der Waals surface area contributed by atoms with Crippen LogP contribution in [0.5, 0.6) is 0 Å². The van der Waals surface area contributed by atoms with Crippen LogP contribution in [-0.4, -0.2) is 12.6 Å². The van der Waals surface area contributed by atoms with E-state index in [0.29, 0.717) is 0 Å². The lowest BCUT2D eigenvalue weighted by Gasteiger charge is -2.24. The van der Waals surface area contributed by atoms with Crippen molar-refractivity contribution >= 4 is 0 Å². The molecule has 2 unspecified atom stereocenters. The Hall–Kier alpha value is -1.03. The largest absolute Gasteiger partial charge is 0.416 e. The molecule has 0 saturated heterocycles. The molecular formula is C15H22F3N. The van der Waals surface area contributed by atoms with Crippen LogP contribution in [0.25, 0.3) is 0 Å². The van der Waals surface area contributed by atoms with E-state index in [1.807, 2.05) is 0 Å². The maximum Gasteiger partial charge on any atom is 0.416 e. The second-order valence-corrected chi connectivity index (χ2v) is 4.88. The Balaban J connectivity index is 2.82. The van der Waals surface area contributed by atoms with E-state index in [1.54, 1.807) is 12.1 Å². The van der Waals surface area contributed by atoms with E-state index in [1.165, 1.54) is 12.1 Å². The molecule has 0 fully saturated rings. The Kier molecular flexibility index (Phi) is 5.85. The lowest BCUT2D eigenvalue weighted by molar-refractivity contribution is -0.137. The number of halogens is 3. The maximum atomic E-state index is 12.5. The highest BCUT2D eigenvalue weighted by atomic mass is 19.4. The zero-order valence-electron chi connectivity index (χ0n) is 11.7. The highest BCUT2D eigenvalue weighted by Gasteiger charge is 2.30. The van der Waals surface area contributed by atoms with Crippen LogP contribution in [0.1, 0.15) is 50.7 Å². The van der Waals surface area contributed by atoms with Crippen LogP contribution in [0.2, 0.25) is 0 Å². The molecule has 0 bridgehead atoms. The molecule has 1 aromatic rings. The van der Waals surface area contributed by atoms with Crippen molar-refractivity contribution in [3.63, 3.8) is 0 Å². The van der Waals surface area contributed by atoms with Crippen molar-refractivity contribution in [2.75, 3.05) is 6.54 Å². The van der Waals surface area contributed by atoms with E-state index in [9.17, 15) is 13.2 Å². The molecule has 0 amide bonds. The minimum absolute atomic E-state index is 0.244. The summed E-state index contributed by atoms with van der Waals surface area (Å²) in [7, 11) is 0. The topological polar surface area (TPSA) is 12.0 Å². The Morgan fingerprint density at radius 3 is 2.11 bits per heavy atom. The lowest BCUT2D eigenvalue weighted by Crippen LogP contribution is -2.32. The van der Waals surface area contributed by atoms with Crippen LogP contribution in [0.4, 0.5) is 13.2 Å². The van der Waals surface area contributed by atoms with Gasteiger partial charge in [0.25, 0.3) is 0 Å². The normalized spacial score (nSPS) is 15.3. The molecule has 1 rings (SSSR count). The Morgan fingerprint density at radius 2 is 1.68 bits per heavy atom. The van der Waals surface area contributed by atoms with Crippen LogP contribution in [0.15, 0.2) is 24.3 Å². The third kappa shape index (κ3) is 4.53. The fourth-order valence-corrected chi connectivity index (χ4v) is 2.31. The van der Waals surface area contributed by atoms with Gasteiger partial charge >= 0.3 is 6.18 Å². The molecule has 1 aromatic carbocycles. The molecule has 108 valence electrons. The molecule has 1 nitrogen and oxygen atoms in total. The fourth-order valence-electron chi connectivity index (χ4n) is 2.31. The van der Waals surface area contributed by atoms with E-state index in [2.05, 4.69) is 26.1 Å². The molecule has 0 aromatic heterocycles. The smallest absolute Gasteiger partial charge is 0.314 e. The minimum atomic E-state index is -4.26. The highest BCUT2D eigenvalue weighted by molar-refractivity contribution is 5.28. The van der Waals surface area contributed by atoms with E-state index in [-0.39, 0.29) is 12.0 Å². The molecule has 0 spiro atoms. The number of alkyl halides is 3. The summed E-state index contributed by atoms with van der Waals surface area (Å²) in [5.41, 5.74) is 0.381. The summed E-state index contributed by atoms with van der Waals surface area (Å²) < 4.78 is 37.5. The number of benzene rings is 1. The predicted octanol–water partition coefficient (Wildman–Crippen LogP) is 4.59. The SMILES string of the molecule is CCCNC(C)C(CC)c1ccc(C(F)(F)F)cc1. The van der Waals surface area contributed by atoms with Gasteiger partial charge in [-0.15, -0.1) is 0 Å². The summed E-state index contributed by atoms with van der Waals surface area (Å²) in [6, 6.07) is 5.80. The quantitative estimate of drug-likeness (QED) is 0.799. The molecule has 0 aliphatic rings. The standard InChI is InChI=1S/C15H22F3N/c1-4-10-19-11(3)14(5-2)12-6-8-13(9-7-12)15(16,17)18/h6-9,11,14,19H,4-5,10H2,1-3H3. The molecule has 1 N–H and O–H groups in total. The summed E-state index contributed by atoms with van der Waals surface area (Å²) in [5, 5.41) is 3.40. The first kappa shape index (κ1) is 16.0. The monoisotopic (exact) mass is 273 g/mol. The second kappa shape index (κ2) is 6.94. The minimum Gasteiger partial charge on any atom is -0.314 e. The van der Waals surface area contributed by atoms with Gasteiger partial charge in [0.2, 0.25) is 0 Å². The predicted molar refractivity (Wildman–Crippen MR) is 72.2 cm³/mol. The lowest BCUT2D eigenvalue weighted by atomic mass is 9.89. The van der Waals surface area contributed by atoms with E-state index in [4.69, 9.17) is 0 Å². The first-order valence-electron chi connectivity index (χ1n) is 6.80. The molecule has 0 radical (unpaired) electrons. The average molecular weight is 273 g/mol. The van der Waals surface area contributed by atoms with Crippen LogP contribution in [-0.2, 0) is 6.18 Å². The first-order valence-corrected chi connectivity index (χ1v) is 6.80. The van der Waals surface area contributed by atoms with Gasteiger partial charge < -0.3 is 5.32 Å². The molecule has 0 saturated carbocycles. The van der Waals surface area contributed by atoms with Crippen LogP contribution >= 0.6 is 0 Å². The Labute approximate surface area is 113 Å². The molecule has 4 heteroatoms. The van der Waals surface area contributed by atoms with Gasteiger partial charge in [-0.1, -0.05) is 26.0 Å². The molecule has 19 heavy (non-hydrogen) atoms. The van der Waals surface area contributed by atoms with Crippen molar-refractivity contribution < 1.29 is 13.2 Å². The van der Waals surface area contributed by atoms with Gasteiger partial charge in [0.15, 0.2) is 0 Å². The summed E-state index contributed by atoms with van der Waals surface area (Å²) >= 11 is 0. The third-order valence-corrected chi connectivity index (χ3v) is 3.43. The van der Waals surface area contributed by atoms with Crippen molar-refractivity contribution in [2.24, 2.45) is 0 Å². The summed E-state index contributed by atoms with van der Waals surface area (Å²) in [6.07, 6.45) is -2.30. The highest BCUT2D eigenvalue weighted by Crippen LogP contribution is 2.31. The van der Waals surface area contributed by atoms with Crippen molar-refractivity contribution in [3.05, 3.63) is 35.4 Å². The van der Waals surface area contributed by atoms with Crippen molar-refractivity contribution in [3.8, 4) is 0 Å². The summed E-state index contributed by atoms with van der Waals surface area (Å²) in [4.78, 5) is 0. The van der Waals surface area contributed by atoms with E-state index in [0.717, 1.165) is 24.9 Å². The summed E-state index contributed by atoms with van der Waals surface area (Å²) in [5.74, 6) is 0.244. The zero-order chi connectivity index (χ0) is 14.5. The average Bonchev–Trinajstić information content (AvgIpc) is 2.37. The van der Waals surface area contributed by atoms with E-state index < -0.39 is 11.7 Å². The van der Waals surface area contributed by atoms with Crippen molar-refractivity contribution in [1.29, 1.82) is 0 Å². The van der Waals surface area contributed by atoms with Crippen molar-refractivity contribution in [1.82, 2.24) is 5.32 Å². The number of rotatable bonds is 6. The molecule has 0 aliphatic carbocycles. The van der Waals surface area contributed by atoms with Crippen LogP contribution in [0, 0.1) is 0 Å². The Bertz CT molecular complexity index is 370. The first-order chi connectivity index (χ1) is 8.90. The van der Waals surface area contributed by atoms with Crippen LogP contribution in [0.3, 0.4) is 0 Å². The van der Waals surface area contributed by atoms with Gasteiger partial charge in [-0.2, -0.15) is 13.2 Å². The number of hydrogen-bond acceptors (Lipinski definition) is 1. The molecule has 0 heterocycles. The van der Waals surface area contributed by atoms with Gasteiger partial charge in [0.05, 0.1) is 5.56 Å². The molecule has 2 atom stereocenters. The molecule has 0 aliphatic heterocycles. The van der Waals surface area contributed by atoms with Crippen molar-refractivity contribution in [2.45, 2.75) is 51.7 Å². The van der Waals surface area contributed by atoms with Gasteiger partial charge in [-0.25, -0.2) is 0 Å². The Morgan fingerprint density at radius 1 is 1.11 bits per heavy atom. The van der Waals surface area contributed by atoms with Gasteiger partial charge in [-0.05, 0) is 49.9 Å². The fraction of sp³-hybridized carbons (Fsp3) is 0.600. The van der Waals surface area contributed by atoms with Crippen LogP contribution < -0.4 is 5.32 Å². The number of hydrogen-bond donors (Lipinski definition) is 1. The maximum absolute atomic E-state index is 12.5. The van der Waals surface area contributed by atoms with E-state index >= 15 is 0 Å². The molecular weight excluding hydrogens is 251 g/mol. The van der Waals surface area contributed by atoms with Gasteiger partial charge in [0.1, 0.15) is 0 Å². The second-order valence-electron chi connectivity index (χ2n) is 4.88. The third-order valence-electron chi connectivity index (χ3n) is 3.43. The number of nitrogens with one attached hydrogen (secondary N) is 1. The zero-order valence-corrected chi connectivity index (χ0v) is 11.7. The van der Waals surface area contributed by atoms with Gasteiger partial charge in [-0.3, -0.25) is 0 Å².